The molecule has 0 fully saturated rings. The van der Waals surface area contributed by atoms with Gasteiger partial charge in [-0.2, -0.15) is 8.42 Å². The van der Waals surface area contributed by atoms with Crippen molar-refractivity contribution >= 4 is 10.1 Å². The van der Waals surface area contributed by atoms with E-state index < -0.39 is 21.5 Å². The van der Waals surface area contributed by atoms with Crippen molar-refractivity contribution in [3.05, 3.63) is 0 Å². The predicted molar refractivity (Wildman–Crippen MR) is 65.0 cm³/mol. The minimum atomic E-state index is -3.96. The fourth-order valence-corrected chi connectivity index (χ4v) is 2.63. The Hall–Kier alpha value is -0.130. The maximum atomic E-state index is 11.1. The summed E-state index contributed by atoms with van der Waals surface area (Å²) < 4.78 is 31.2. The topological polar surface area (TPSA) is 74.6 Å². The van der Waals surface area contributed by atoms with E-state index in [0.717, 1.165) is 19.3 Å². The van der Waals surface area contributed by atoms with Crippen molar-refractivity contribution in [3.63, 3.8) is 0 Å². The van der Waals surface area contributed by atoms with Crippen LogP contribution in [0.25, 0.3) is 0 Å². The van der Waals surface area contributed by atoms with Crippen molar-refractivity contribution in [2.75, 3.05) is 0 Å². The lowest BCUT2D eigenvalue weighted by atomic mass is 10.0. The van der Waals surface area contributed by atoms with E-state index in [0.29, 0.717) is 25.7 Å². The molecule has 98 valence electrons. The molecule has 0 rings (SSSR count). The van der Waals surface area contributed by atoms with Crippen molar-refractivity contribution in [3.8, 4) is 0 Å². The monoisotopic (exact) mass is 252 g/mol. The summed E-state index contributed by atoms with van der Waals surface area (Å²) in [4.78, 5) is 0. The molecule has 0 aliphatic rings. The summed E-state index contributed by atoms with van der Waals surface area (Å²) in [5.74, 6) is 0. The smallest absolute Gasteiger partial charge is 0.267 e. The van der Waals surface area contributed by atoms with Gasteiger partial charge in [-0.25, -0.2) is 0 Å². The maximum absolute atomic E-state index is 11.1. The molecule has 2 unspecified atom stereocenters. The first kappa shape index (κ1) is 15.9. The van der Waals surface area contributed by atoms with Crippen LogP contribution in [0.5, 0.6) is 0 Å². The summed E-state index contributed by atoms with van der Waals surface area (Å²) in [5, 5.41) is 8.80. The second kappa shape index (κ2) is 8.03. The number of aliphatic hydroxyl groups excluding tert-OH is 1. The highest BCUT2D eigenvalue weighted by atomic mass is 32.2. The van der Waals surface area contributed by atoms with Crippen molar-refractivity contribution in [1.82, 2.24) is 0 Å². The minimum Gasteiger partial charge on any atom is -0.393 e. The highest BCUT2D eigenvalue weighted by Gasteiger charge is 2.22. The highest BCUT2D eigenvalue weighted by Crippen LogP contribution is 2.17. The standard InChI is InChI=1S/C11H24O4S/c1-3-5-7-11(16(13,14)15)9-8-10(12)6-4-2/h10-12H,3-9H2,1-2H3,(H,13,14,15). The summed E-state index contributed by atoms with van der Waals surface area (Å²) >= 11 is 0. The van der Waals surface area contributed by atoms with Crippen LogP contribution in [0.15, 0.2) is 0 Å². The van der Waals surface area contributed by atoms with Crippen LogP contribution in [0.3, 0.4) is 0 Å². The van der Waals surface area contributed by atoms with E-state index in [1.165, 1.54) is 0 Å². The van der Waals surface area contributed by atoms with E-state index >= 15 is 0 Å². The first-order valence-electron chi connectivity index (χ1n) is 6.06. The average molecular weight is 252 g/mol. The molecule has 0 aromatic rings. The second-order valence-electron chi connectivity index (χ2n) is 4.30. The first-order chi connectivity index (χ1) is 7.41. The molecule has 0 aliphatic carbocycles. The van der Waals surface area contributed by atoms with E-state index in [9.17, 15) is 13.5 Å². The Morgan fingerprint density at radius 3 is 2.06 bits per heavy atom. The highest BCUT2D eigenvalue weighted by molar-refractivity contribution is 7.86. The molecule has 0 heterocycles. The molecular weight excluding hydrogens is 228 g/mol. The fourth-order valence-electron chi connectivity index (χ4n) is 1.73. The molecule has 0 amide bonds. The number of rotatable bonds is 9. The van der Waals surface area contributed by atoms with Gasteiger partial charge in [0, 0.05) is 0 Å². The van der Waals surface area contributed by atoms with E-state index in [1.807, 2.05) is 13.8 Å². The second-order valence-corrected chi connectivity index (χ2v) is 6.00. The first-order valence-corrected chi connectivity index (χ1v) is 7.56. The fraction of sp³-hybridized carbons (Fsp3) is 1.00. The zero-order valence-electron chi connectivity index (χ0n) is 10.2. The van der Waals surface area contributed by atoms with E-state index in [1.54, 1.807) is 0 Å². The van der Waals surface area contributed by atoms with E-state index in [-0.39, 0.29) is 0 Å². The van der Waals surface area contributed by atoms with Gasteiger partial charge in [0.2, 0.25) is 0 Å². The van der Waals surface area contributed by atoms with Crippen LogP contribution >= 0.6 is 0 Å². The third-order valence-electron chi connectivity index (χ3n) is 2.74. The van der Waals surface area contributed by atoms with Gasteiger partial charge in [-0.1, -0.05) is 33.1 Å². The van der Waals surface area contributed by atoms with E-state index in [2.05, 4.69) is 0 Å². The molecule has 0 saturated carbocycles. The van der Waals surface area contributed by atoms with Gasteiger partial charge in [-0.3, -0.25) is 4.55 Å². The Labute approximate surface area is 98.8 Å². The Morgan fingerprint density at radius 1 is 1.00 bits per heavy atom. The zero-order chi connectivity index (χ0) is 12.6. The summed E-state index contributed by atoms with van der Waals surface area (Å²) in [6.45, 7) is 3.95. The van der Waals surface area contributed by atoms with Gasteiger partial charge >= 0.3 is 0 Å². The van der Waals surface area contributed by atoms with Crippen molar-refractivity contribution in [2.45, 2.75) is 70.1 Å². The van der Waals surface area contributed by atoms with Gasteiger partial charge in [0.25, 0.3) is 10.1 Å². The molecular formula is C11H24O4S. The number of unbranched alkanes of at least 4 members (excludes halogenated alkanes) is 1. The minimum absolute atomic E-state index is 0.347. The summed E-state index contributed by atoms with van der Waals surface area (Å²) in [5.41, 5.74) is 0. The lowest BCUT2D eigenvalue weighted by Crippen LogP contribution is -2.22. The zero-order valence-corrected chi connectivity index (χ0v) is 11.0. The van der Waals surface area contributed by atoms with Crippen molar-refractivity contribution in [2.24, 2.45) is 0 Å². The van der Waals surface area contributed by atoms with Crippen LogP contribution in [0.1, 0.15) is 58.8 Å². The van der Waals surface area contributed by atoms with Gasteiger partial charge in [0.05, 0.1) is 11.4 Å². The molecule has 0 radical (unpaired) electrons. The molecule has 0 spiro atoms. The maximum Gasteiger partial charge on any atom is 0.267 e. The lowest BCUT2D eigenvalue weighted by molar-refractivity contribution is 0.150. The van der Waals surface area contributed by atoms with E-state index in [4.69, 9.17) is 4.55 Å². The Balaban J connectivity index is 4.12. The van der Waals surface area contributed by atoms with Crippen LogP contribution in [0, 0.1) is 0 Å². The molecule has 0 aromatic carbocycles. The predicted octanol–water partition coefficient (Wildman–Crippen LogP) is 2.37. The average Bonchev–Trinajstić information content (AvgIpc) is 2.16. The molecule has 0 saturated heterocycles. The van der Waals surface area contributed by atoms with Gasteiger partial charge in [-0.05, 0) is 25.7 Å². The van der Waals surface area contributed by atoms with Gasteiger partial charge in [-0.15, -0.1) is 0 Å². The van der Waals surface area contributed by atoms with Gasteiger partial charge in [0.15, 0.2) is 0 Å². The molecule has 5 heteroatoms. The molecule has 2 atom stereocenters. The van der Waals surface area contributed by atoms with Crippen molar-refractivity contribution in [1.29, 1.82) is 0 Å². The molecule has 0 aliphatic heterocycles. The Bertz CT molecular complexity index is 261. The largest absolute Gasteiger partial charge is 0.393 e. The number of aliphatic hydroxyl groups is 1. The SMILES string of the molecule is CCCCC(CCC(O)CCC)S(=O)(=O)O. The van der Waals surface area contributed by atoms with Crippen LogP contribution < -0.4 is 0 Å². The third-order valence-corrected chi connectivity index (χ3v) is 4.06. The van der Waals surface area contributed by atoms with Gasteiger partial charge < -0.3 is 5.11 Å². The summed E-state index contributed by atoms with van der Waals surface area (Å²) in [6.07, 6.45) is 4.09. The summed E-state index contributed by atoms with van der Waals surface area (Å²) in [7, 11) is -3.96. The van der Waals surface area contributed by atoms with Gasteiger partial charge in [0.1, 0.15) is 0 Å². The lowest BCUT2D eigenvalue weighted by Gasteiger charge is -2.15. The summed E-state index contributed by atoms with van der Waals surface area (Å²) in [6, 6.07) is 0. The Kier molecular flexibility index (Phi) is 7.97. The van der Waals surface area contributed by atoms with Crippen LogP contribution in [-0.4, -0.2) is 29.4 Å². The van der Waals surface area contributed by atoms with Crippen molar-refractivity contribution < 1.29 is 18.1 Å². The molecule has 0 bridgehead atoms. The van der Waals surface area contributed by atoms with Crippen LogP contribution in [0.4, 0.5) is 0 Å². The quantitative estimate of drug-likeness (QED) is 0.618. The number of hydrogen-bond donors (Lipinski definition) is 2. The molecule has 16 heavy (non-hydrogen) atoms. The van der Waals surface area contributed by atoms with Crippen LogP contribution in [-0.2, 0) is 10.1 Å². The number of hydrogen-bond acceptors (Lipinski definition) is 3. The third kappa shape index (κ3) is 7.19. The Morgan fingerprint density at radius 2 is 1.62 bits per heavy atom. The molecule has 4 nitrogen and oxygen atoms in total. The normalized spacial score (nSPS) is 16.0. The van der Waals surface area contributed by atoms with Crippen LogP contribution in [0.2, 0.25) is 0 Å². The molecule has 0 aromatic heterocycles. The molecule has 2 N–H and O–H groups in total.